The van der Waals surface area contributed by atoms with Gasteiger partial charge in [0, 0.05) is 0 Å². The summed E-state index contributed by atoms with van der Waals surface area (Å²) in [5.41, 5.74) is 0. The van der Waals surface area contributed by atoms with Crippen LogP contribution in [0.25, 0.3) is 0 Å². The summed E-state index contributed by atoms with van der Waals surface area (Å²) in [7, 11) is 0. The van der Waals surface area contributed by atoms with Gasteiger partial charge in [-0.1, -0.05) is 0 Å². The molecule has 0 nitrogen and oxygen atoms in total. The molecule has 0 heterocycles. The molecule has 0 saturated heterocycles. The van der Waals surface area contributed by atoms with Crippen molar-refractivity contribution in [2.24, 2.45) is 0 Å². The third-order valence-corrected chi connectivity index (χ3v) is 2.72. The molecule has 66 valence electrons. The van der Waals surface area contributed by atoms with E-state index in [-0.39, 0.29) is 24.8 Å². The Morgan fingerprint density at radius 1 is 0.818 bits per heavy atom. The molecule has 0 N–H and O–H groups in total. The van der Waals surface area contributed by atoms with Crippen molar-refractivity contribution in [3.8, 4) is 0 Å². The second-order valence-electron chi connectivity index (χ2n) is 2.56. The molecule has 0 fully saturated rings. The van der Waals surface area contributed by atoms with E-state index in [1.54, 1.807) is 0 Å². The first kappa shape index (κ1) is 18.3. The zero-order valence-corrected chi connectivity index (χ0v) is 12.1. The summed E-state index contributed by atoms with van der Waals surface area (Å²) in [5.74, 6) is 0. The van der Waals surface area contributed by atoms with E-state index in [1.807, 2.05) is 0 Å². The molecule has 0 aromatic carbocycles. The second kappa shape index (κ2) is 17.5. The molecule has 0 spiro atoms. The first-order valence-electron chi connectivity index (χ1n) is 4.12. The molecular weight excluding hydrogens is 282 g/mol. The van der Waals surface area contributed by atoms with Gasteiger partial charge in [-0.3, -0.25) is 0 Å². The standard InChI is InChI=1S/C8H17.2ClH.In/c1-3-5-7-8-6-4-2;;;/h1,3-8H2,2H3;2*1H;/q;;;+2/p-2. The molecule has 0 aromatic heterocycles. The molecular formula is C8H17Cl2In. The summed E-state index contributed by atoms with van der Waals surface area (Å²) in [6, 6.07) is 0. The average molecular weight is 299 g/mol. The maximum absolute atomic E-state index is 2.27. The van der Waals surface area contributed by atoms with Crippen molar-refractivity contribution in [1.29, 1.82) is 0 Å². The van der Waals surface area contributed by atoms with E-state index in [9.17, 15) is 0 Å². The van der Waals surface area contributed by atoms with Crippen LogP contribution in [-0.4, -0.2) is 24.4 Å². The fourth-order valence-corrected chi connectivity index (χ4v) is 1.75. The average Bonchev–Trinajstić information content (AvgIpc) is 1.89. The molecule has 0 amide bonds. The summed E-state index contributed by atoms with van der Waals surface area (Å²) in [6.07, 6.45) is 8.75. The minimum Gasteiger partial charge on any atom is -1.00 e. The van der Waals surface area contributed by atoms with Crippen LogP contribution in [0.2, 0.25) is 4.18 Å². The molecule has 0 aliphatic carbocycles. The number of rotatable bonds is 6. The van der Waals surface area contributed by atoms with E-state index in [4.69, 9.17) is 0 Å². The van der Waals surface area contributed by atoms with Crippen molar-refractivity contribution in [2.75, 3.05) is 0 Å². The van der Waals surface area contributed by atoms with Gasteiger partial charge in [0.05, 0.1) is 0 Å². The van der Waals surface area contributed by atoms with Gasteiger partial charge in [0.15, 0.2) is 0 Å². The minimum atomic E-state index is 0. The molecule has 3 heteroatoms. The van der Waals surface area contributed by atoms with Crippen LogP contribution in [0, 0.1) is 0 Å². The van der Waals surface area contributed by atoms with Crippen molar-refractivity contribution in [1.82, 2.24) is 0 Å². The van der Waals surface area contributed by atoms with Crippen LogP contribution in [0.5, 0.6) is 0 Å². The molecule has 0 radical (unpaired) electrons. The largest absolute Gasteiger partial charge is 1.00 e. The number of halogens is 2. The molecule has 0 aliphatic heterocycles. The Hall–Kier alpha value is 1.45. The summed E-state index contributed by atoms with van der Waals surface area (Å²) in [6.45, 7) is 2.27. The SMILES string of the molecule is CCCCCCC[CH2][In+2].[Cl-].[Cl-]. The number of hydrogen-bond acceptors (Lipinski definition) is 0. The number of unbranched alkanes of at least 4 members (excludes halogenated alkanes) is 5. The number of hydrogen-bond donors (Lipinski definition) is 0. The van der Waals surface area contributed by atoms with Gasteiger partial charge in [0.1, 0.15) is 0 Å². The van der Waals surface area contributed by atoms with E-state index in [0.717, 1.165) is 0 Å². The molecule has 0 unspecified atom stereocenters. The quantitative estimate of drug-likeness (QED) is 0.457. The van der Waals surface area contributed by atoms with Crippen LogP contribution in [0.3, 0.4) is 0 Å². The van der Waals surface area contributed by atoms with Crippen molar-refractivity contribution in [3.63, 3.8) is 0 Å². The van der Waals surface area contributed by atoms with E-state index >= 15 is 0 Å². The topological polar surface area (TPSA) is 0 Å². The fourth-order valence-electron chi connectivity index (χ4n) is 0.925. The minimum absolute atomic E-state index is 0. The summed E-state index contributed by atoms with van der Waals surface area (Å²) < 4.78 is 1.50. The second-order valence-corrected chi connectivity index (χ2v) is 4.20. The Morgan fingerprint density at radius 2 is 1.27 bits per heavy atom. The van der Waals surface area contributed by atoms with Gasteiger partial charge in [-0.25, -0.2) is 0 Å². The molecule has 0 aromatic rings. The molecule has 0 saturated carbocycles. The first-order chi connectivity index (χ1) is 4.41. The molecule has 0 rings (SSSR count). The van der Waals surface area contributed by atoms with Gasteiger partial charge in [-0.05, 0) is 0 Å². The fraction of sp³-hybridized carbons (Fsp3) is 1.00. The Balaban J connectivity index is -0.000000320. The predicted octanol–water partition coefficient (Wildman–Crippen LogP) is -3.06. The normalized spacial score (nSPS) is 8.27. The van der Waals surface area contributed by atoms with Crippen molar-refractivity contribution < 1.29 is 24.8 Å². The van der Waals surface area contributed by atoms with Gasteiger partial charge < -0.3 is 24.8 Å². The van der Waals surface area contributed by atoms with Crippen molar-refractivity contribution in [3.05, 3.63) is 0 Å². The molecule has 0 atom stereocenters. The van der Waals surface area contributed by atoms with E-state index < -0.39 is 0 Å². The zero-order valence-electron chi connectivity index (χ0n) is 7.28. The Bertz CT molecular complexity index is 45.4. The third kappa shape index (κ3) is 18.4. The zero-order chi connectivity index (χ0) is 6.95. The maximum atomic E-state index is 2.27. The molecule has 0 bridgehead atoms. The van der Waals surface area contributed by atoms with E-state index in [2.05, 4.69) is 6.92 Å². The first-order valence-corrected chi connectivity index (χ1v) is 6.45. The molecule has 11 heavy (non-hydrogen) atoms. The van der Waals surface area contributed by atoms with Gasteiger partial charge in [0.25, 0.3) is 0 Å². The van der Waals surface area contributed by atoms with Crippen LogP contribution in [0.1, 0.15) is 45.4 Å². The van der Waals surface area contributed by atoms with Crippen molar-refractivity contribution in [2.45, 2.75) is 49.6 Å². The van der Waals surface area contributed by atoms with Crippen LogP contribution in [0.4, 0.5) is 0 Å². The third-order valence-electron chi connectivity index (χ3n) is 1.56. The van der Waals surface area contributed by atoms with Crippen LogP contribution in [0.15, 0.2) is 0 Å². The Kier molecular flexibility index (Phi) is 29.1. The Morgan fingerprint density at radius 3 is 1.73 bits per heavy atom. The van der Waals surface area contributed by atoms with Gasteiger partial charge in [-0.15, -0.1) is 0 Å². The summed E-state index contributed by atoms with van der Waals surface area (Å²) in [5, 5.41) is 0. The van der Waals surface area contributed by atoms with Crippen LogP contribution in [-0.2, 0) is 0 Å². The maximum Gasteiger partial charge on any atom is -1.00 e. The van der Waals surface area contributed by atoms with E-state index in [1.165, 1.54) is 67.1 Å². The molecule has 0 aliphatic rings. The van der Waals surface area contributed by atoms with Crippen LogP contribution < -0.4 is 24.8 Å². The van der Waals surface area contributed by atoms with Crippen LogP contribution >= 0.6 is 0 Å². The Labute approximate surface area is 98.3 Å². The monoisotopic (exact) mass is 298 g/mol. The predicted molar refractivity (Wildman–Crippen MR) is 43.9 cm³/mol. The van der Waals surface area contributed by atoms with Gasteiger partial charge in [0.2, 0.25) is 0 Å². The van der Waals surface area contributed by atoms with E-state index in [0.29, 0.717) is 0 Å². The van der Waals surface area contributed by atoms with Crippen molar-refractivity contribution >= 4 is 24.4 Å². The van der Waals surface area contributed by atoms with Gasteiger partial charge in [-0.2, -0.15) is 0 Å². The van der Waals surface area contributed by atoms with Gasteiger partial charge >= 0.3 is 74.0 Å². The summed E-state index contributed by atoms with van der Waals surface area (Å²) in [4.78, 5) is 0. The smallest absolute Gasteiger partial charge is 1.00 e. The summed E-state index contributed by atoms with van der Waals surface area (Å²) >= 11 is 1.46.